The van der Waals surface area contributed by atoms with Crippen LogP contribution in [0.2, 0.25) is 5.02 Å². The standard InChI is InChI=1S/C29H29ClFN5O3.C11H14FNO3S/c1-29(2,3)39-28(37)36-17-11-12-18(36)15-35(14-17)26-20-13-32-24(23(31)25(20)33-27(34-26)38-4)19-9-5-7-16-8-6-10-21(30)22(16)19;1-13-6-5-10(8-13)16-9-3-2-4-11(7-9)17(12,14)15/h5-10,13,17-18H,11-12,14-15H2,1-4H3;2-4,7,10H,5-6,8H2,1H3. The lowest BCUT2D eigenvalue weighted by Crippen LogP contribution is -2.57. The second kappa shape index (κ2) is 15.6. The third-order valence-electron chi connectivity index (χ3n) is 10.1. The summed E-state index contributed by atoms with van der Waals surface area (Å²) < 4.78 is 67.2. The van der Waals surface area contributed by atoms with Gasteiger partial charge in [-0.1, -0.05) is 48.0 Å². The highest BCUT2D eigenvalue weighted by atomic mass is 35.5. The first-order chi connectivity index (χ1) is 26.6. The van der Waals surface area contributed by atoms with Crippen LogP contribution in [0.15, 0.2) is 71.8 Å². The van der Waals surface area contributed by atoms with Crippen LogP contribution in [-0.4, -0.2) is 103 Å². The zero-order valence-corrected chi connectivity index (χ0v) is 33.3. The maximum Gasteiger partial charge on any atom is 0.410 e. The summed E-state index contributed by atoms with van der Waals surface area (Å²) in [5.74, 6) is 0.354. The Morgan fingerprint density at radius 2 is 1.66 bits per heavy atom. The Labute approximate surface area is 329 Å². The number of halogens is 3. The van der Waals surface area contributed by atoms with Crippen molar-refractivity contribution in [1.82, 2.24) is 24.8 Å². The Kier molecular flexibility index (Phi) is 11.0. The number of carbonyl (C=O) groups is 1. The van der Waals surface area contributed by atoms with Gasteiger partial charge in [-0.05, 0) is 70.7 Å². The van der Waals surface area contributed by atoms with Crippen molar-refractivity contribution in [3.05, 3.63) is 77.7 Å². The average Bonchev–Trinajstić information content (AvgIpc) is 3.68. The molecule has 3 fully saturated rings. The average molecular weight is 809 g/mol. The highest BCUT2D eigenvalue weighted by Crippen LogP contribution is 2.39. The number of ether oxygens (including phenoxy) is 3. The number of methoxy groups -OCH3 is 1. The molecule has 296 valence electrons. The molecule has 0 saturated carbocycles. The van der Waals surface area contributed by atoms with Gasteiger partial charge in [0.05, 0.1) is 24.6 Å². The number of likely N-dealkylation sites (tertiary alicyclic amines) is 1. The molecular weight excluding hydrogens is 766 g/mol. The van der Waals surface area contributed by atoms with Crippen molar-refractivity contribution in [2.75, 3.05) is 45.2 Å². The Morgan fingerprint density at radius 1 is 0.964 bits per heavy atom. The van der Waals surface area contributed by atoms with E-state index >= 15 is 4.39 Å². The summed E-state index contributed by atoms with van der Waals surface area (Å²) in [6.07, 6.45) is 3.96. The Morgan fingerprint density at radius 3 is 2.30 bits per heavy atom. The molecule has 2 bridgehead atoms. The highest BCUT2D eigenvalue weighted by molar-refractivity contribution is 7.86. The molecule has 3 atom stereocenters. The second-order valence-corrected chi connectivity index (χ2v) is 17.0. The van der Waals surface area contributed by atoms with E-state index in [9.17, 15) is 17.1 Å². The molecule has 5 aromatic rings. The number of aromatic nitrogens is 3. The fourth-order valence-electron chi connectivity index (χ4n) is 7.61. The van der Waals surface area contributed by atoms with Crippen LogP contribution in [0.4, 0.5) is 18.9 Å². The minimum Gasteiger partial charge on any atom is -0.489 e. The molecule has 0 spiro atoms. The zero-order valence-electron chi connectivity index (χ0n) is 31.7. The summed E-state index contributed by atoms with van der Waals surface area (Å²) in [4.78, 5) is 32.2. The molecule has 1 amide bonds. The lowest BCUT2D eigenvalue weighted by atomic mass is 10.0. The number of hydrogen-bond donors (Lipinski definition) is 0. The summed E-state index contributed by atoms with van der Waals surface area (Å²) in [6, 6.07) is 16.7. The van der Waals surface area contributed by atoms with Crippen molar-refractivity contribution in [2.45, 2.75) is 68.7 Å². The van der Waals surface area contributed by atoms with Crippen LogP contribution in [0.1, 0.15) is 40.0 Å². The van der Waals surface area contributed by atoms with Crippen molar-refractivity contribution >= 4 is 55.4 Å². The van der Waals surface area contributed by atoms with Crippen LogP contribution in [0.3, 0.4) is 0 Å². The summed E-state index contributed by atoms with van der Waals surface area (Å²) >= 11 is 6.52. The molecule has 5 heterocycles. The maximum atomic E-state index is 16.2. The van der Waals surface area contributed by atoms with E-state index in [1.165, 1.54) is 25.3 Å². The summed E-state index contributed by atoms with van der Waals surface area (Å²) in [7, 11) is -1.21. The van der Waals surface area contributed by atoms with Gasteiger partial charge < -0.3 is 24.0 Å². The lowest BCUT2D eigenvalue weighted by Gasteiger charge is -2.42. The molecule has 12 nitrogen and oxygen atoms in total. The number of hydrogen-bond acceptors (Lipinski definition) is 11. The number of anilines is 1. The van der Waals surface area contributed by atoms with E-state index in [0.29, 0.717) is 40.6 Å². The SMILES string of the molecule is CN1CCC(Oc2cccc(S(=O)(=O)F)c2)C1.COc1nc(N2CC3CCC(C2)N3C(=O)OC(C)(C)C)c2cnc(-c3cccc4cccc(Cl)c34)c(F)c2n1. The van der Waals surface area contributed by atoms with Gasteiger partial charge in [0, 0.05) is 54.4 Å². The molecule has 56 heavy (non-hydrogen) atoms. The summed E-state index contributed by atoms with van der Waals surface area (Å²) in [6.45, 7) is 8.41. The molecule has 3 aromatic carbocycles. The van der Waals surface area contributed by atoms with Crippen LogP contribution in [-0.2, 0) is 15.0 Å². The largest absolute Gasteiger partial charge is 0.489 e. The van der Waals surface area contributed by atoms with Gasteiger partial charge in [0.15, 0.2) is 5.82 Å². The van der Waals surface area contributed by atoms with E-state index in [1.54, 1.807) is 24.4 Å². The van der Waals surface area contributed by atoms with Gasteiger partial charge in [-0.2, -0.15) is 18.4 Å². The number of fused-ring (bicyclic) bond motifs is 4. The Hall–Kier alpha value is -4.86. The van der Waals surface area contributed by atoms with Crippen LogP contribution in [0.5, 0.6) is 11.8 Å². The van der Waals surface area contributed by atoms with Crippen LogP contribution < -0.4 is 14.4 Å². The van der Waals surface area contributed by atoms with Crippen molar-refractivity contribution in [2.24, 2.45) is 0 Å². The van der Waals surface area contributed by atoms with Gasteiger partial charge in [0.1, 0.15) is 39.4 Å². The molecule has 16 heteroatoms. The third-order valence-corrected chi connectivity index (χ3v) is 11.2. The molecule has 8 rings (SSSR count). The molecule has 3 saturated heterocycles. The molecule has 3 unspecified atom stereocenters. The topological polar surface area (TPSA) is 127 Å². The number of amides is 1. The molecular formula is C40H43ClF2N6O6S. The van der Waals surface area contributed by atoms with Crippen molar-refractivity contribution in [3.8, 4) is 23.0 Å². The van der Waals surface area contributed by atoms with Gasteiger partial charge >= 0.3 is 22.3 Å². The van der Waals surface area contributed by atoms with E-state index in [1.807, 2.05) is 57.0 Å². The van der Waals surface area contributed by atoms with Crippen LogP contribution in [0.25, 0.3) is 32.9 Å². The zero-order chi connectivity index (χ0) is 39.9. The number of benzene rings is 3. The fraction of sp³-hybridized carbons (Fsp3) is 0.400. The van der Waals surface area contributed by atoms with Crippen molar-refractivity contribution < 1.29 is 35.7 Å². The number of nitrogens with zero attached hydrogens (tertiary/aromatic N) is 6. The molecule has 3 aliphatic rings. The van der Waals surface area contributed by atoms with Crippen molar-refractivity contribution in [3.63, 3.8) is 0 Å². The smallest absolute Gasteiger partial charge is 0.410 e. The predicted molar refractivity (Wildman–Crippen MR) is 210 cm³/mol. The third kappa shape index (κ3) is 8.30. The minimum absolute atomic E-state index is 0.0375. The first-order valence-electron chi connectivity index (χ1n) is 18.3. The molecule has 3 aliphatic heterocycles. The lowest BCUT2D eigenvalue weighted by molar-refractivity contribution is 0.0122. The molecule has 0 N–H and O–H groups in total. The number of carbonyl (C=O) groups excluding carboxylic acids is 1. The van der Waals surface area contributed by atoms with E-state index < -0.39 is 21.6 Å². The predicted octanol–water partition coefficient (Wildman–Crippen LogP) is 7.66. The minimum atomic E-state index is -4.66. The number of piperazine rings is 1. The fourth-order valence-corrected chi connectivity index (χ4v) is 8.39. The first kappa shape index (κ1) is 39.4. The summed E-state index contributed by atoms with van der Waals surface area (Å²) in [5, 5.41) is 2.61. The quantitative estimate of drug-likeness (QED) is 0.157. The monoisotopic (exact) mass is 808 g/mol. The van der Waals surface area contributed by atoms with E-state index in [2.05, 4.69) is 24.8 Å². The first-order valence-corrected chi connectivity index (χ1v) is 20.1. The second-order valence-electron chi connectivity index (χ2n) is 15.2. The molecule has 0 aliphatic carbocycles. The van der Waals surface area contributed by atoms with Crippen LogP contribution >= 0.6 is 11.6 Å². The maximum absolute atomic E-state index is 16.2. The number of likely N-dealkylation sites (N-methyl/N-ethyl adjacent to an activating group) is 1. The van der Waals surface area contributed by atoms with Gasteiger partial charge in [0.25, 0.3) is 0 Å². The van der Waals surface area contributed by atoms with Gasteiger partial charge in [-0.3, -0.25) is 9.88 Å². The summed E-state index contributed by atoms with van der Waals surface area (Å²) in [5.41, 5.74) is 0.287. The molecule has 0 radical (unpaired) electrons. The Bertz CT molecular complexity index is 2380. The van der Waals surface area contributed by atoms with Gasteiger partial charge in [0.2, 0.25) is 0 Å². The number of rotatable bonds is 6. The normalized spacial score (nSPS) is 19.9. The van der Waals surface area contributed by atoms with E-state index in [-0.39, 0.29) is 46.4 Å². The number of pyridine rings is 1. The Balaban J connectivity index is 0.000000236. The highest BCUT2D eigenvalue weighted by Gasteiger charge is 2.45. The van der Waals surface area contributed by atoms with Crippen LogP contribution in [0, 0.1) is 5.82 Å². The van der Waals surface area contributed by atoms with Crippen molar-refractivity contribution in [1.29, 1.82) is 0 Å². The van der Waals surface area contributed by atoms with Gasteiger partial charge in [-0.15, -0.1) is 3.89 Å². The molecule has 2 aromatic heterocycles. The van der Waals surface area contributed by atoms with E-state index in [0.717, 1.165) is 43.1 Å². The van der Waals surface area contributed by atoms with E-state index in [4.69, 9.17) is 25.8 Å². The van der Waals surface area contributed by atoms with Gasteiger partial charge in [-0.25, -0.2) is 9.18 Å².